The van der Waals surface area contributed by atoms with Crippen LogP contribution >= 0.6 is 0 Å². The summed E-state index contributed by atoms with van der Waals surface area (Å²) in [6.07, 6.45) is 4.47. The van der Waals surface area contributed by atoms with E-state index in [9.17, 15) is 0 Å². The molecule has 0 aromatic carbocycles. The molecule has 2 nitrogen and oxygen atoms in total. The zero-order valence-electron chi connectivity index (χ0n) is 3.59. The first kappa shape index (κ1) is 5.81. The first-order valence-corrected chi connectivity index (χ1v) is 1.32. The maximum absolute atomic E-state index is 4.47. The van der Waals surface area contributed by atoms with Crippen LogP contribution < -0.4 is 0 Å². The van der Waals surface area contributed by atoms with Crippen LogP contribution in [-0.4, -0.2) is 23.8 Å². The van der Waals surface area contributed by atoms with E-state index in [2.05, 4.69) is 9.40 Å². The van der Waals surface area contributed by atoms with Gasteiger partial charge in [0, 0.05) is 18.9 Å². The summed E-state index contributed by atoms with van der Waals surface area (Å²) in [6.45, 7) is 0. The van der Waals surface area contributed by atoms with Gasteiger partial charge in [-0.25, -0.2) is 4.98 Å². The van der Waals surface area contributed by atoms with E-state index >= 15 is 0 Å². The molecule has 1 rings (SSSR count). The molecule has 0 atom stereocenters. The van der Waals surface area contributed by atoms with Gasteiger partial charge in [-0.2, -0.15) is 0 Å². The number of oxazole rings is 1. The molecule has 0 amide bonds. The second-order valence-electron chi connectivity index (χ2n) is 0.676. The van der Waals surface area contributed by atoms with Crippen molar-refractivity contribution in [1.29, 1.82) is 0 Å². The van der Waals surface area contributed by atoms with E-state index in [1.165, 1.54) is 12.7 Å². The third kappa shape index (κ3) is 1.30. The minimum atomic E-state index is 0. The fraction of sp³-hybridized carbons (Fsp3) is 0. The van der Waals surface area contributed by atoms with Gasteiger partial charge >= 0.3 is 0 Å². The Labute approximate surface area is 47.7 Å². The summed E-state index contributed by atoms with van der Waals surface area (Å²) in [5.74, 6) is 0. The van der Waals surface area contributed by atoms with Crippen LogP contribution in [0.5, 0.6) is 0 Å². The van der Waals surface area contributed by atoms with Gasteiger partial charge in [-0.1, -0.05) is 0 Å². The van der Waals surface area contributed by atoms with E-state index in [1.54, 1.807) is 6.20 Å². The molecule has 0 bridgehead atoms. The van der Waals surface area contributed by atoms with E-state index in [0.717, 1.165) is 0 Å². The van der Waals surface area contributed by atoms with Crippen molar-refractivity contribution in [1.82, 2.24) is 4.98 Å². The van der Waals surface area contributed by atoms with Gasteiger partial charge in [0.1, 0.15) is 6.26 Å². The number of aromatic nitrogens is 1. The minimum Gasteiger partial charge on any atom is -0.452 e. The van der Waals surface area contributed by atoms with Gasteiger partial charge in [-0.15, -0.1) is 0 Å². The van der Waals surface area contributed by atoms with Crippen LogP contribution in [0.2, 0.25) is 0 Å². The van der Waals surface area contributed by atoms with E-state index in [-0.39, 0.29) is 18.9 Å². The second kappa shape index (κ2) is 3.02. The third-order valence-electron chi connectivity index (χ3n) is 0.347. The van der Waals surface area contributed by atoms with E-state index in [0.29, 0.717) is 0 Å². The number of hydrogen-bond donors (Lipinski definition) is 0. The fourth-order valence-corrected chi connectivity index (χ4v) is 0.176. The molecule has 0 aliphatic rings. The molecule has 27 valence electrons. The molecule has 1 radical (unpaired) electrons. The molecular formula is C3H3LiNO. The molecule has 1 aromatic rings. The Morgan fingerprint density at radius 3 is 2.50 bits per heavy atom. The van der Waals surface area contributed by atoms with Crippen LogP contribution in [0, 0.1) is 0 Å². The van der Waals surface area contributed by atoms with Gasteiger partial charge in [0.25, 0.3) is 0 Å². The van der Waals surface area contributed by atoms with Gasteiger partial charge in [-0.3, -0.25) is 0 Å². The van der Waals surface area contributed by atoms with Crippen LogP contribution in [0.4, 0.5) is 0 Å². The average Bonchev–Trinajstić information content (AvgIpc) is 1.76. The Morgan fingerprint density at radius 1 is 1.50 bits per heavy atom. The van der Waals surface area contributed by atoms with Crippen LogP contribution in [0.15, 0.2) is 23.3 Å². The number of hydrogen-bond acceptors (Lipinski definition) is 2. The number of nitrogens with zero attached hydrogens (tertiary/aromatic N) is 1. The summed E-state index contributed by atoms with van der Waals surface area (Å²) >= 11 is 0. The molecule has 0 saturated carbocycles. The van der Waals surface area contributed by atoms with Crippen molar-refractivity contribution in [3.63, 3.8) is 0 Å². The largest absolute Gasteiger partial charge is 0.452 e. The first-order valence-electron chi connectivity index (χ1n) is 1.32. The SMILES string of the molecule is [Li].c1cocn1. The van der Waals surface area contributed by atoms with Crippen molar-refractivity contribution < 1.29 is 4.42 Å². The molecule has 0 N–H and O–H groups in total. The van der Waals surface area contributed by atoms with Crippen LogP contribution in [0.25, 0.3) is 0 Å². The molecular weight excluding hydrogens is 73.0 g/mol. The minimum absolute atomic E-state index is 0. The Bertz CT molecular complexity index is 67.3. The third-order valence-corrected chi connectivity index (χ3v) is 0.347. The summed E-state index contributed by atoms with van der Waals surface area (Å²) in [5, 5.41) is 0. The zero-order chi connectivity index (χ0) is 3.54. The Balaban J connectivity index is 0.000000250. The molecule has 0 unspecified atom stereocenters. The molecule has 0 aliphatic carbocycles. The standard InChI is InChI=1S/C3H3NO.Li/c1-2-5-3-4-1;/h1-3H;. The smallest absolute Gasteiger partial charge is 0.180 e. The summed E-state index contributed by atoms with van der Waals surface area (Å²) in [5.41, 5.74) is 0. The maximum atomic E-state index is 4.47. The summed E-state index contributed by atoms with van der Waals surface area (Å²) in [6, 6.07) is 0. The van der Waals surface area contributed by atoms with Gasteiger partial charge in [0.2, 0.25) is 0 Å². The average molecular weight is 76.0 g/mol. The van der Waals surface area contributed by atoms with Gasteiger partial charge in [0.05, 0.1) is 6.20 Å². The number of rotatable bonds is 0. The van der Waals surface area contributed by atoms with Gasteiger partial charge in [-0.05, 0) is 0 Å². The van der Waals surface area contributed by atoms with Gasteiger partial charge < -0.3 is 4.42 Å². The molecule has 1 aromatic heterocycles. The summed E-state index contributed by atoms with van der Waals surface area (Å²) in [7, 11) is 0. The first-order chi connectivity index (χ1) is 2.50. The summed E-state index contributed by atoms with van der Waals surface area (Å²) < 4.78 is 4.47. The predicted octanol–water partition coefficient (Wildman–Crippen LogP) is 0.294. The quantitative estimate of drug-likeness (QED) is 0.415. The second-order valence-corrected chi connectivity index (χ2v) is 0.676. The van der Waals surface area contributed by atoms with Crippen molar-refractivity contribution >= 4 is 18.9 Å². The van der Waals surface area contributed by atoms with E-state index < -0.39 is 0 Å². The fourth-order valence-electron chi connectivity index (χ4n) is 0.176. The summed E-state index contributed by atoms with van der Waals surface area (Å²) in [4.78, 5) is 3.56. The van der Waals surface area contributed by atoms with Crippen LogP contribution in [-0.2, 0) is 0 Å². The Hall–Kier alpha value is -0.193. The van der Waals surface area contributed by atoms with Crippen molar-refractivity contribution in [2.75, 3.05) is 0 Å². The van der Waals surface area contributed by atoms with Crippen LogP contribution in [0.3, 0.4) is 0 Å². The van der Waals surface area contributed by atoms with E-state index in [4.69, 9.17) is 0 Å². The molecule has 0 fully saturated rings. The monoisotopic (exact) mass is 76.0 g/mol. The van der Waals surface area contributed by atoms with Crippen molar-refractivity contribution in [2.24, 2.45) is 0 Å². The van der Waals surface area contributed by atoms with Crippen molar-refractivity contribution in [3.8, 4) is 0 Å². The van der Waals surface area contributed by atoms with Crippen molar-refractivity contribution in [2.45, 2.75) is 0 Å². The molecule has 6 heavy (non-hydrogen) atoms. The Kier molecular flexibility index (Phi) is 2.92. The topological polar surface area (TPSA) is 26.0 Å². The Morgan fingerprint density at radius 2 is 2.33 bits per heavy atom. The molecule has 0 spiro atoms. The van der Waals surface area contributed by atoms with Crippen LogP contribution in [0.1, 0.15) is 0 Å². The molecule has 0 saturated heterocycles. The predicted molar refractivity (Wildman–Crippen MR) is 22.3 cm³/mol. The molecule has 0 aliphatic heterocycles. The zero-order valence-corrected chi connectivity index (χ0v) is 3.59. The van der Waals surface area contributed by atoms with Gasteiger partial charge in [0.15, 0.2) is 6.39 Å². The molecule has 3 heteroatoms. The maximum Gasteiger partial charge on any atom is 0.180 e. The molecule has 1 heterocycles. The van der Waals surface area contributed by atoms with Crippen molar-refractivity contribution in [3.05, 3.63) is 18.9 Å². The van der Waals surface area contributed by atoms with E-state index in [1.807, 2.05) is 0 Å². The normalized spacial score (nSPS) is 6.67.